The van der Waals surface area contributed by atoms with Gasteiger partial charge in [-0.05, 0) is 43.4 Å². The maximum absolute atomic E-state index is 13.0. The minimum Gasteiger partial charge on any atom is -0.462 e. The summed E-state index contributed by atoms with van der Waals surface area (Å²) in [6.07, 6.45) is 43.0. The molecule has 0 saturated carbocycles. The highest BCUT2D eigenvalue weighted by atomic mass is 31.2. The van der Waals surface area contributed by atoms with Crippen molar-refractivity contribution < 1.29 is 80.2 Å². The van der Waals surface area contributed by atoms with E-state index in [1.165, 1.54) is 154 Å². The third-order valence-corrected chi connectivity index (χ3v) is 18.1. The van der Waals surface area contributed by atoms with Crippen LogP contribution in [0.2, 0.25) is 0 Å². The van der Waals surface area contributed by atoms with Crippen LogP contribution < -0.4 is 0 Å². The quantitative estimate of drug-likeness (QED) is 0.0222. The Kier molecular flexibility index (Phi) is 58.7. The van der Waals surface area contributed by atoms with Crippen LogP contribution >= 0.6 is 15.6 Å². The molecule has 0 amide bonds. The average Bonchev–Trinajstić information content (AvgIpc) is 3.63. The number of esters is 4. The molecule has 3 N–H and O–H groups in total. The molecule has 522 valence electrons. The van der Waals surface area contributed by atoms with Gasteiger partial charge in [0, 0.05) is 25.7 Å². The second-order valence-corrected chi connectivity index (χ2v) is 29.0. The number of phosphoric ester groups is 2. The van der Waals surface area contributed by atoms with Crippen molar-refractivity contribution >= 4 is 39.5 Å². The summed E-state index contributed by atoms with van der Waals surface area (Å²) in [5.41, 5.74) is 0. The molecule has 0 aromatic heterocycles. The molecular weight excluding hydrogens is 1160 g/mol. The van der Waals surface area contributed by atoms with Gasteiger partial charge >= 0.3 is 39.5 Å². The molecule has 0 fully saturated rings. The summed E-state index contributed by atoms with van der Waals surface area (Å²) in [5.74, 6) is 0.130. The van der Waals surface area contributed by atoms with Crippen molar-refractivity contribution in [3.05, 3.63) is 0 Å². The van der Waals surface area contributed by atoms with Crippen molar-refractivity contribution in [3.63, 3.8) is 0 Å². The molecule has 88 heavy (non-hydrogen) atoms. The van der Waals surface area contributed by atoms with Crippen LogP contribution in [0.1, 0.15) is 344 Å². The summed E-state index contributed by atoms with van der Waals surface area (Å²) in [5, 5.41) is 10.6. The van der Waals surface area contributed by atoms with Crippen LogP contribution in [0.3, 0.4) is 0 Å². The topological polar surface area (TPSA) is 237 Å². The molecule has 0 saturated heterocycles. The lowest BCUT2D eigenvalue weighted by molar-refractivity contribution is -0.161. The second kappa shape index (κ2) is 60.0. The fraction of sp³-hybridized carbons (Fsp3) is 0.942. The number of hydrogen-bond acceptors (Lipinski definition) is 15. The largest absolute Gasteiger partial charge is 0.472 e. The van der Waals surface area contributed by atoms with Crippen molar-refractivity contribution in [2.75, 3.05) is 39.6 Å². The summed E-state index contributed by atoms with van der Waals surface area (Å²) < 4.78 is 68.2. The summed E-state index contributed by atoms with van der Waals surface area (Å²) in [6.45, 7) is 11.8. The Balaban J connectivity index is 5.24. The van der Waals surface area contributed by atoms with Crippen LogP contribution in [-0.4, -0.2) is 96.7 Å². The lowest BCUT2D eigenvalue weighted by atomic mass is 9.99. The summed E-state index contributed by atoms with van der Waals surface area (Å²) in [4.78, 5) is 72.4. The molecule has 0 bridgehead atoms. The molecule has 0 spiro atoms. The summed E-state index contributed by atoms with van der Waals surface area (Å²) in [7, 11) is -9.90. The van der Waals surface area contributed by atoms with Gasteiger partial charge in [-0.25, -0.2) is 9.13 Å². The predicted octanol–water partition coefficient (Wildman–Crippen LogP) is 19.5. The first kappa shape index (κ1) is 86.1. The normalized spacial score (nSPS) is 14.5. The van der Waals surface area contributed by atoms with Gasteiger partial charge in [0.15, 0.2) is 12.2 Å². The van der Waals surface area contributed by atoms with Crippen molar-refractivity contribution in [2.45, 2.75) is 362 Å². The number of unbranched alkanes of at least 4 members (excludes halogenated alkanes) is 34. The summed E-state index contributed by atoms with van der Waals surface area (Å²) >= 11 is 0. The predicted molar refractivity (Wildman–Crippen MR) is 354 cm³/mol. The smallest absolute Gasteiger partial charge is 0.462 e. The van der Waals surface area contributed by atoms with Crippen LogP contribution in [0.5, 0.6) is 0 Å². The zero-order chi connectivity index (χ0) is 65.2. The van der Waals surface area contributed by atoms with Gasteiger partial charge in [-0.3, -0.25) is 37.3 Å². The van der Waals surface area contributed by atoms with Gasteiger partial charge in [0.25, 0.3) is 0 Å². The van der Waals surface area contributed by atoms with E-state index in [0.717, 1.165) is 102 Å². The first-order chi connectivity index (χ1) is 42.3. The average molecular weight is 1300 g/mol. The minimum absolute atomic E-state index is 0.103. The lowest BCUT2D eigenvalue weighted by Gasteiger charge is -2.21. The Morgan fingerprint density at radius 3 is 0.864 bits per heavy atom. The van der Waals surface area contributed by atoms with Crippen molar-refractivity contribution in [1.29, 1.82) is 0 Å². The second-order valence-electron chi connectivity index (χ2n) is 26.1. The number of rotatable bonds is 67. The van der Waals surface area contributed by atoms with Crippen LogP contribution in [0.15, 0.2) is 0 Å². The Hall–Kier alpha value is -1.94. The number of hydrogen-bond donors (Lipinski definition) is 3. The van der Waals surface area contributed by atoms with E-state index in [9.17, 15) is 43.2 Å². The molecule has 0 rings (SSSR count). The van der Waals surface area contributed by atoms with Crippen LogP contribution in [0.4, 0.5) is 0 Å². The molecule has 0 radical (unpaired) electrons. The first-order valence-electron chi connectivity index (χ1n) is 35.9. The molecule has 0 aliphatic heterocycles. The van der Waals surface area contributed by atoms with Gasteiger partial charge in [0.2, 0.25) is 0 Å². The lowest BCUT2D eigenvalue weighted by Crippen LogP contribution is -2.30. The van der Waals surface area contributed by atoms with E-state index in [2.05, 4.69) is 48.5 Å². The molecule has 3 unspecified atom stereocenters. The van der Waals surface area contributed by atoms with E-state index in [1.54, 1.807) is 0 Å². The highest BCUT2D eigenvalue weighted by Gasteiger charge is 2.30. The third-order valence-electron chi connectivity index (χ3n) is 16.2. The van der Waals surface area contributed by atoms with Crippen molar-refractivity contribution in [1.82, 2.24) is 0 Å². The van der Waals surface area contributed by atoms with Gasteiger partial charge in [0.1, 0.15) is 19.3 Å². The van der Waals surface area contributed by atoms with Gasteiger partial charge in [0.05, 0.1) is 26.4 Å². The number of aliphatic hydroxyl groups is 1. The number of carbonyl (C=O) groups excluding carboxylic acids is 4. The van der Waals surface area contributed by atoms with Crippen molar-refractivity contribution in [3.8, 4) is 0 Å². The Bertz CT molecular complexity index is 1730. The van der Waals surface area contributed by atoms with Crippen molar-refractivity contribution in [2.24, 2.45) is 17.8 Å². The fourth-order valence-electron chi connectivity index (χ4n) is 10.3. The van der Waals surface area contributed by atoms with E-state index in [1.807, 2.05) is 0 Å². The molecule has 0 aromatic carbocycles. The highest BCUT2D eigenvalue weighted by molar-refractivity contribution is 7.47. The number of ether oxygens (including phenoxy) is 4. The Morgan fingerprint density at radius 1 is 0.330 bits per heavy atom. The van der Waals surface area contributed by atoms with Gasteiger partial charge in [-0.1, -0.05) is 292 Å². The standard InChI is InChI=1S/C69H134O17P2/c1-8-10-11-12-13-14-21-29-36-43-50-66(71)79-57-65(86-69(74)53-46-39-32-25-27-34-41-48-61(5)6)59-84-88(77,78)82-55-63(70)54-81-87(75,76)83-58-64(56-80-67(72)51-44-37-30-24-23-28-35-42-49-62(7)9-2)85-68(73)52-45-38-31-22-19-17-15-16-18-20-26-33-40-47-60(3)4/h60-65,70H,8-59H2,1-7H3,(H,75,76)(H,77,78)/t62?,63-,64-,65-/m1/s1. The highest BCUT2D eigenvalue weighted by Crippen LogP contribution is 2.45. The molecule has 0 aliphatic rings. The zero-order valence-corrected chi connectivity index (χ0v) is 59.0. The van der Waals surface area contributed by atoms with Gasteiger partial charge in [-0.15, -0.1) is 0 Å². The van der Waals surface area contributed by atoms with Gasteiger partial charge in [-0.2, -0.15) is 0 Å². The first-order valence-corrected chi connectivity index (χ1v) is 38.9. The number of carbonyl (C=O) groups is 4. The third kappa shape index (κ3) is 61.6. The van der Waals surface area contributed by atoms with Crippen LogP contribution in [-0.2, 0) is 65.4 Å². The van der Waals surface area contributed by atoms with E-state index < -0.39 is 97.5 Å². The SMILES string of the molecule is CCCCCCCCCCCCC(=O)OC[C@H](COP(=O)(O)OC[C@H](O)COP(=O)(O)OC[C@@H](COC(=O)CCCCCCCCCCC(C)CC)OC(=O)CCCCCCCCCCCCCCCC(C)C)OC(=O)CCCCCCCCCC(C)C. The zero-order valence-electron chi connectivity index (χ0n) is 57.2. The Labute approximate surface area is 537 Å². The van der Waals surface area contributed by atoms with E-state index in [0.29, 0.717) is 31.6 Å². The molecule has 0 aromatic rings. The molecule has 19 heteroatoms. The molecule has 17 nitrogen and oxygen atoms in total. The maximum Gasteiger partial charge on any atom is 0.472 e. The monoisotopic (exact) mass is 1300 g/mol. The minimum atomic E-state index is -4.95. The summed E-state index contributed by atoms with van der Waals surface area (Å²) in [6, 6.07) is 0. The van der Waals surface area contributed by atoms with Crippen LogP contribution in [0, 0.1) is 17.8 Å². The van der Waals surface area contributed by atoms with E-state index in [-0.39, 0.29) is 25.7 Å². The molecule has 0 heterocycles. The maximum atomic E-state index is 13.0. The molecule has 6 atom stereocenters. The van der Waals surface area contributed by atoms with Crippen LogP contribution in [0.25, 0.3) is 0 Å². The molecule has 0 aliphatic carbocycles. The Morgan fingerprint density at radius 2 is 0.580 bits per heavy atom. The number of phosphoric acid groups is 2. The van der Waals surface area contributed by atoms with E-state index >= 15 is 0 Å². The fourth-order valence-corrected chi connectivity index (χ4v) is 11.9. The molecular formula is C69H134O17P2. The number of aliphatic hydroxyl groups excluding tert-OH is 1. The van der Waals surface area contributed by atoms with Gasteiger partial charge < -0.3 is 33.8 Å². The van der Waals surface area contributed by atoms with E-state index in [4.69, 9.17) is 37.0 Å².